The molecule has 0 atom stereocenters. The summed E-state index contributed by atoms with van der Waals surface area (Å²) in [7, 11) is 0. The highest BCUT2D eigenvalue weighted by atomic mass is 19.1. The van der Waals surface area contributed by atoms with Crippen LogP contribution in [-0.2, 0) is 32.0 Å². The van der Waals surface area contributed by atoms with Gasteiger partial charge in [-0.05, 0) is 47.4 Å². The molecule has 0 aliphatic rings. The zero-order chi connectivity index (χ0) is 25.9. The molecule has 0 unspecified atom stereocenters. The first-order valence-corrected chi connectivity index (χ1v) is 11.6. The molecule has 0 spiro atoms. The number of aryl methyl sites for hydroxylation is 1. The van der Waals surface area contributed by atoms with Crippen molar-refractivity contribution in [2.45, 2.75) is 32.6 Å². The van der Waals surface area contributed by atoms with E-state index in [1.807, 2.05) is 24.3 Å². The van der Waals surface area contributed by atoms with Crippen LogP contribution in [0.2, 0.25) is 0 Å². The summed E-state index contributed by atoms with van der Waals surface area (Å²) < 4.78 is 29.9. The van der Waals surface area contributed by atoms with Gasteiger partial charge in [0.15, 0.2) is 0 Å². The second-order valence-corrected chi connectivity index (χ2v) is 7.91. The molecule has 0 aromatic heterocycles. The molecule has 3 aromatic rings. The van der Waals surface area contributed by atoms with Gasteiger partial charge in [-0.25, -0.2) is 9.18 Å². The summed E-state index contributed by atoms with van der Waals surface area (Å²) in [5, 5.41) is 0. The first-order valence-electron chi connectivity index (χ1n) is 11.6. The van der Waals surface area contributed by atoms with Crippen LogP contribution in [0.15, 0.2) is 79.4 Å². The highest BCUT2D eigenvalue weighted by Crippen LogP contribution is 2.27. The van der Waals surface area contributed by atoms with Gasteiger partial charge in [0.1, 0.15) is 17.3 Å². The lowest BCUT2D eigenvalue weighted by atomic mass is 10.0. The predicted molar refractivity (Wildman–Crippen MR) is 133 cm³/mol. The topological polar surface area (TPSA) is 78.9 Å². The van der Waals surface area contributed by atoms with E-state index in [9.17, 15) is 18.8 Å². The van der Waals surface area contributed by atoms with E-state index < -0.39 is 17.8 Å². The second-order valence-electron chi connectivity index (χ2n) is 7.91. The molecular weight excluding hydrogens is 463 g/mol. The third kappa shape index (κ3) is 7.91. The van der Waals surface area contributed by atoms with Gasteiger partial charge in [-0.15, -0.1) is 0 Å². The fourth-order valence-electron chi connectivity index (χ4n) is 3.33. The lowest BCUT2D eigenvalue weighted by molar-refractivity contribution is -0.138. The first-order chi connectivity index (χ1) is 17.4. The van der Waals surface area contributed by atoms with Gasteiger partial charge in [0, 0.05) is 37.0 Å². The average molecular weight is 491 g/mol. The number of rotatable bonds is 11. The molecule has 36 heavy (non-hydrogen) atoms. The van der Waals surface area contributed by atoms with Crippen LogP contribution in [-0.4, -0.2) is 24.5 Å². The molecule has 0 bridgehead atoms. The molecule has 0 amide bonds. The van der Waals surface area contributed by atoms with Gasteiger partial charge in [-0.2, -0.15) is 0 Å². The van der Waals surface area contributed by atoms with Gasteiger partial charge in [0.25, 0.3) is 0 Å². The standard InChI is InChI=1S/C29H27FO6/c1-3-27(31)34-18-17-21-7-12-23(13-8-21)35-29(33)16-9-20-5-10-22(11-6-20)25-15-14-24(19-26(25)30)36-28(32)4-2/h3,5-8,10-15,19H,1,4,9,16-18H2,2H3. The Balaban J connectivity index is 1.48. The SMILES string of the molecule is C=CC(=O)OCCc1ccc(OC(=O)CCc2ccc(-c3ccc(OC(=O)CC)cc3F)cc2)cc1. The highest BCUT2D eigenvalue weighted by molar-refractivity contribution is 5.81. The Morgan fingerprint density at radius 3 is 2.08 bits per heavy atom. The van der Waals surface area contributed by atoms with Gasteiger partial charge in [0.05, 0.1) is 6.61 Å². The second kappa shape index (κ2) is 13.0. The summed E-state index contributed by atoms with van der Waals surface area (Å²) in [5.74, 6) is -1.14. The molecule has 3 aromatic carbocycles. The largest absolute Gasteiger partial charge is 0.462 e. The molecule has 186 valence electrons. The minimum Gasteiger partial charge on any atom is -0.462 e. The number of esters is 3. The zero-order valence-electron chi connectivity index (χ0n) is 20.0. The van der Waals surface area contributed by atoms with Crippen molar-refractivity contribution in [3.63, 3.8) is 0 Å². The van der Waals surface area contributed by atoms with E-state index in [4.69, 9.17) is 14.2 Å². The molecular formula is C29H27FO6. The summed E-state index contributed by atoms with van der Waals surface area (Å²) in [6, 6.07) is 18.5. The van der Waals surface area contributed by atoms with Crippen molar-refractivity contribution in [2.24, 2.45) is 0 Å². The zero-order valence-corrected chi connectivity index (χ0v) is 20.0. The maximum Gasteiger partial charge on any atom is 0.330 e. The average Bonchev–Trinajstić information content (AvgIpc) is 2.89. The van der Waals surface area contributed by atoms with Gasteiger partial charge < -0.3 is 14.2 Å². The maximum atomic E-state index is 14.5. The number of carbonyl (C=O) groups is 3. The third-order valence-electron chi connectivity index (χ3n) is 5.30. The maximum absolute atomic E-state index is 14.5. The minimum atomic E-state index is -0.489. The van der Waals surface area contributed by atoms with Gasteiger partial charge in [-0.1, -0.05) is 49.9 Å². The molecule has 0 fully saturated rings. The molecule has 7 heteroatoms. The summed E-state index contributed by atoms with van der Waals surface area (Å²) in [4.78, 5) is 34.7. The van der Waals surface area contributed by atoms with Crippen molar-refractivity contribution in [3.8, 4) is 22.6 Å². The smallest absolute Gasteiger partial charge is 0.330 e. The van der Waals surface area contributed by atoms with E-state index in [-0.39, 0.29) is 31.2 Å². The molecule has 6 nitrogen and oxygen atoms in total. The van der Waals surface area contributed by atoms with E-state index in [1.54, 1.807) is 43.3 Å². The Bertz CT molecular complexity index is 1220. The summed E-state index contributed by atoms with van der Waals surface area (Å²) in [6.45, 7) is 5.26. The van der Waals surface area contributed by atoms with Crippen molar-refractivity contribution < 1.29 is 33.0 Å². The fourth-order valence-corrected chi connectivity index (χ4v) is 3.33. The first kappa shape index (κ1) is 26.3. The van der Waals surface area contributed by atoms with Crippen molar-refractivity contribution in [3.05, 3.63) is 96.3 Å². The molecule has 0 aliphatic heterocycles. The van der Waals surface area contributed by atoms with Crippen LogP contribution in [0.4, 0.5) is 4.39 Å². The third-order valence-corrected chi connectivity index (χ3v) is 5.30. The van der Waals surface area contributed by atoms with Crippen LogP contribution in [0.5, 0.6) is 11.5 Å². The van der Waals surface area contributed by atoms with E-state index in [1.165, 1.54) is 6.07 Å². The number of hydrogen-bond acceptors (Lipinski definition) is 6. The van der Waals surface area contributed by atoms with E-state index >= 15 is 0 Å². The summed E-state index contributed by atoms with van der Waals surface area (Å²) >= 11 is 0. The number of ether oxygens (including phenoxy) is 3. The Kier molecular flexibility index (Phi) is 9.51. The van der Waals surface area contributed by atoms with Crippen LogP contribution in [0.3, 0.4) is 0 Å². The Morgan fingerprint density at radius 1 is 0.833 bits per heavy atom. The molecule has 0 heterocycles. The molecule has 3 rings (SSSR count). The molecule has 0 aliphatic carbocycles. The van der Waals surface area contributed by atoms with Crippen molar-refractivity contribution in [1.82, 2.24) is 0 Å². The van der Waals surface area contributed by atoms with Gasteiger partial charge in [-0.3, -0.25) is 9.59 Å². The van der Waals surface area contributed by atoms with Crippen LogP contribution in [0.25, 0.3) is 11.1 Å². The van der Waals surface area contributed by atoms with E-state index in [0.29, 0.717) is 29.7 Å². The summed E-state index contributed by atoms with van der Waals surface area (Å²) in [5.41, 5.74) is 2.92. The Labute approximate surface area is 209 Å². The predicted octanol–water partition coefficient (Wildman–Crippen LogP) is 5.62. The molecule has 0 N–H and O–H groups in total. The van der Waals surface area contributed by atoms with Gasteiger partial charge in [0.2, 0.25) is 0 Å². The lowest BCUT2D eigenvalue weighted by Crippen LogP contribution is -2.09. The Hall–Kier alpha value is -4.26. The normalized spacial score (nSPS) is 10.4. The number of benzene rings is 3. The number of hydrogen-bond donors (Lipinski definition) is 0. The lowest BCUT2D eigenvalue weighted by Gasteiger charge is -2.09. The molecule has 0 radical (unpaired) electrons. The van der Waals surface area contributed by atoms with Crippen LogP contribution >= 0.6 is 0 Å². The van der Waals surface area contributed by atoms with Crippen molar-refractivity contribution in [2.75, 3.05) is 6.61 Å². The van der Waals surface area contributed by atoms with Crippen molar-refractivity contribution >= 4 is 17.9 Å². The van der Waals surface area contributed by atoms with Crippen LogP contribution in [0, 0.1) is 5.82 Å². The van der Waals surface area contributed by atoms with E-state index in [0.717, 1.165) is 17.2 Å². The Morgan fingerprint density at radius 2 is 1.44 bits per heavy atom. The molecule has 0 saturated heterocycles. The summed E-state index contributed by atoms with van der Waals surface area (Å²) in [6.07, 6.45) is 2.53. The van der Waals surface area contributed by atoms with E-state index in [2.05, 4.69) is 6.58 Å². The van der Waals surface area contributed by atoms with Crippen LogP contribution < -0.4 is 9.47 Å². The number of carbonyl (C=O) groups excluding carboxylic acids is 3. The van der Waals surface area contributed by atoms with Crippen LogP contribution in [0.1, 0.15) is 30.9 Å². The highest BCUT2D eigenvalue weighted by Gasteiger charge is 2.10. The minimum absolute atomic E-state index is 0.168. The molecule has 0 saturated carbocycles. The van der Waals surface area contributed by atoms with Crippen molar-refractivity contribution in [1.29, 1.82) is 0 Å². The monoisotopic (exact) mass is 490 g/mol. The van der Waals surface area contributed by atoms with Gasteiger partial charge >= 0.3 is 17.9 Å². The number of halogens is 1. The quantitative estimate of drug-likeness (QED) is 0.197. The fraction of sp³-hybridized carbons (Fsp3) is 0.207.